The monoisotopic (exact) mass is 243 g/mol. The molecule has 3 aliphatic heterocycles. The lowest BCUT2D eigenvalue weighted by Crippen LogP contribution is -2.47. The molecule has 3 rings (SSSR count). The minimum absolute atomic E-state index is 0.323. The van der Waals surface area contributed by atoms with Crippen LogP contribution in [0, 0.1) is 5.41 Å². The second-order valence-electron chi connectivity index (χ2n) is 4.37. The molecule has 0 aromatic carbocycles. The van der Waals surface area contributed by atoms with Gasteiger partial charge < -0.3 is 15.4 Å². The second-order valence-corrected chi connectivity index (χ2v) is 4.37. The SMILES string of the molecule is NC(=O)C1=CCN2CC=CC3(C=COC=C3)C2=N1. The summed E-state index contributed by atoms with van der Waals surface area (Å²) in [6.45, 7) is 1.43. The molecule has 0 saturated heterocycles. The lowest BCUT2D eigenvalue weighted by atomic mass is 9.82. The third-order valence-electron chi connectivity index (χ3n) is 3.23. The van der Waals surface area contributed by atoms with Crippen molar-refractivity contribution in [1.82, 2.24) is 4.90 Å². The smallest absolute Gasteiger partial charge is 0.267 e. The predicted octanol–water partition coefficient (Wildman–Crippen LogP) is 0.683. The molecule has 1 spiro atoms. The molecule has 0 aromatic rings. The molecule has 5 heteroatoms. The summed E-state index contributed by atoms with van der Waals surface area (Å²) in [4.78, 5) is 17.8. The van der Waals surface area contributed by atoms with E-state index in [9.17, 15) is 4.79 Å². The van der Waals surface area contributed by atoms with Crippen LogP contribution in [0.1, 0.15) is 0 Å². The first kappa shape index (κ1) is 10.8. The first-order chi connectivity index (χ1) is 8.71. The zero-order valence-electron chi connectivity index (χ0n) is 9.74. The number of carbonyl (C=O) groups is 1. The number of aliphatic imine (C=N–C) groups is 1. The van der Waals surface area contributed by atoms with Gasteiger partial charge in [0, 0.05) is 13.1 Å². The van der Waals surface area contributed by atoms with Crippen LogP contribution in [-0.2, 0) is 9.53 Å². The topological polar surface area (TPSA) is 67.9 Å². The summed E-state index contributed by atoms with van der Waals surface area (Å²) in [5.41, 5.74) is 5.19. The molecule has 18 heavy (non-hydrogen) atoms. The fourth-order valence-corrected chi connectivity index (χ4v) is 2.32. The lowest BCUT2D eigenvalue weighted by molar-refractivity contribution is -0.114. The average molecular weight is 243 g/mol. The maximum absolute atomic E-state index is 11.2. The van der Waals surface area contributed by atoms with E-state index >= 15 is 0 Å². The maximum atomic E-state index is 11.2. The highest BCUT2D eigenvalue weighted by molar-refractivity contribution is 6.01. The Morgan fingerprint density at radius 3 is 2.83 bits per heavy atom. The van der Waals surface area contributed by atoms with E-state index in [1.807, 2.05) is 12.2 Å². The van der Waals surface area contributed by atoms with E-state index in [2.05, 4.69) is 22.0 Å². The normalized spacial score (nSPS) is 23.2. The minimum atomic E-state index is -0.494. The summed E-state index contributed by atoms with van der Waals surface area (Å²) in [5, 5.41) is 0. The van der Waals surface area contributed by atoms with Gasteiger partial charge in [-0.15, -0.1) is 0 Å². The molecule has 0 atom stereocenters. The summed E-state index contributed by atoms with van der Waals surface area (Å²) < 4.78 is 5.08. The molecule has 0 unspecified atom stereocenters. The number of primary amides is 1. The van der Waals surface area contributed by atoms with E-state index in [1.165, 1.54) is 0 Å². The van der Waals surface area contributed by atoms with Gasteiger partial charge in [0.2, 0.25) is 0 Å². The quantitative estimate of drug-likeness (QED) is 0.689. The Labute approximate surface area is 105 Å². The fourth-order valence-electron chi connectivity index (χ4n) is 2.32. The maximum Gasteiger partial charge on any atom is 0.267 e. The van der Waals surface area contributed by atoms with Gasteiger partial charge in [-0.2, -0.15) is 0 Å². The number of hydrogen-bond donors (Lipinski definition) is 1. The van der Waals surface area contributed by atoms with Crippen LogP contribution < -0.4 is 5.73 Å². The van der Waals surface area contributed by atoms with Crippen LogP contribution >= 0.6 is 0 Å². The first-order valence-electron chi connectivity index (χ1n) is 5.74. The Morgan fingerprint density at radius 1 is 1.33 bits per heavy atom. The van der Waals surface area contributed by atoms with Gasteiger partial charge in [0.1, 0.15) is 11.5 Å². The summed E-state index contributed by atoms with van der Waals surface area (Å²) in [5.74, 6) is 0.323. The molecular weight excluding hydrogens is 230 g/mol. The number of fused-ring (bicyclic) bond motifs is 2. The number of amidine groups is 1. The zero-order chi connectivity index (χ0) is 12.6. The number of nitrogens with zero attached hydrogens (tertiary/aromatic N) is 2. The molecule has 3 heterocycles. The first-order valence-corrected chi connectivity index (χ1v) is 5.74. The number of rotatable bonds is 1. The molecule has 0 aromatic heterocycles. The number of ether oxygens (including phenoxy) is 1. The van der Waals surface area contributed by atoms with E-state index in [0.717, 1.165) is 12.4 Å². The van der Waals surface area contributed by atoms with Crippen LogP contribution in [0.5, 0.6) is 0 Å². The second kappa shape index (κ2) is 3.87. The Hall–Kier alpha value is -2.30. The van der Waals surface area contributed by atoms with Gasteiger partial charge in [0.15, 0.2) is 0 Å². The Bertz CT molecular complexity index is 528. The van der Waals surface area contributed by atoms with Crippen molar-refractivity contribution in [2.75, 3.05) is 13.1 Å². The third-order valence-corrected chi connectivity index (χ3v) is 3.23. The van der Waals surface area contributed by atoms with Crippen molar-refractivity contribution >= 4 is 11.7 Å². The Kier molecular flexibility index (Phi) is 2.33. The van der Waals surface area contributed by atoms with E-state index in [4.69, 9.17) is 10.5 Å². The Balaban J connectivity index is 2.08. The van der Waals surface area contributed by atoms with E-state index in [-0.39, 0.29) is 0 Å². The molecule has 0 fully saturated rings. The van der Waals surface area contributed by atoms with Crippen LogP contribution in [0.15, 0.2) is 53.6 Å². The van der Waals surface area contributed by atoms with Gasteiger partial charge in [-0.25, -0.2) is 4.99 Å². The highest BCUT2D eigenvalue weighted by Gasteiger charge is 2.37. The highest BCUT2D eigenvalue weighted by Crippen LogP contribution is 2.34. The van der Waals surface area contributed by atoms with E-state index in [0.29, 0.717) is 12.2 Å². The Morgan fingerprint density at radius 2 is 2.11 bits per heavy atom. The predicted molar refractivity (Wildman–Crippen MR) is 67.2 cm³/mol. The molecule has 0 bridgehead atoms. The lowest BCUT2D eigenvalue weighted by Gasteiger charge is -2.39. The molecule has 2 N–H and O–H groups in total. The largest absolute Gasteiger partial charge is 0.473 e. The van der Waals surface area contributed by atoms with Gasteiger partial charge >= 0.3 is 0 Å². The van der Waals surface area contributed by atoms with Gasteiger partial charge in [-0.3, -0.25) is 4.79 Å². The van der Waals surface area contributed by atoms with Gasteiger partial charge in [-0.1, -0.05) is 12.2 Å². The van der Waals surface area contributed by atoms with Crippen molar-refractivity contribution < 1.29 is 9.53 Å². The molecule has 92 valence electrons. The van der Waals surface area contributed by atoms with Gasteiger partial charge in [0.05, 0.1) is 17.9 Å². The van der Waals surface area contributed by atoms with Crippen molar-refractivity contribution in [1.29, 1.82) is 0 Å². The molecule has 5 nitrogen and oxygen atoms in total. The van der Waals surface area contributed by atoms with E-state index in [1.54, 1.807) is 18.6 Å². The average Bonchev–Trinajstić information content (AvgIpc) is 2.40. The molecule has 0 radical (unpaired) electrons. The van der Waals surface area contributed by atoms with Crippen molar-refractivity contribution in [3.05, 3.63) is 48.6 Å². The van der Waals surface area contributed by atoms with Crippen molar-refractivity contribution in [2.24, 2.45) is 16.1 Å². The molecule has 3 aliphatic rings. The number of carbonyl (C=O) groups excluding carboxylic acids is 1. The van der Waals surface area contributed by atoms with Crippen molar-refractivity contribution in [2.45, 2.75) is 0 Å². The molecular formula is C13H13N3O2. The van der Waals surface area contributed by atoms with Crippen LogP contribution in [0.25, 0.3) is 0 Å². The van der Waals surface area contributed by atoms with Crippen molar-refractivity contribution in [3.8, 4) is 0 Å². The van der Waals surface area contributed by atoms with Crippen LogP contribution in [0.2, 0.25) is 0 Å². The fraction of sp³-hybridized carbons (Fsp3) is 0.231. The summed E-state index contributed by atoms with van der Waals surface area (Å²) in [7, 11) is 0. The zero-order valence-corrected chi connectivity index (χ0v) is 9.74. The van der Waals surface area contributed by atoms with Crippen LogP contribution in [0.4, 0.5) is 0 Å². The van der Waals surface area contributed by atoms with Crippen LogP contribution in [-0.4, -0.2) is 29.7 Å². The molecule has 1 amide bonds. The highest BCUT2D eigenvalue weighted by atomic mass is 16.5. The summed E-state index contributed by atoms with van der Waals surface area (Å²) in [6, 6.07) is 0. The molecule has 0 aliphatic carbocycles. The third kappa shape index (κ3) is 1.55. The van der Waals surface area contributed by atoms with E-state index < -0.39 is 11.3 Å². The molecule has 0 saturated carbocycles. The summed E-state index contributed by atoms with van der Waals surface area (Å²) in [6.07, 6.45) is 13.0. The number of nitrogens with two attached hydrogens (primary N) is 1. The van der Waals surface area contributed by atoms with Crippen molar-refractivity contribution in [3.63, 3.8) is 0 Å². The summed E-state index contributed by atoms with van der Waals surface area (Å²) >= 11 is 0. The van der Waals surface area contributed by atoms with Crippen LogP contribution in [0.3, 0.4) is 0 Å². The minimum Gasteiger partial charge on any atom is -0.473 e. The van der Waals surface area contributed by atoms with Gasteiger partial charge in [0.25, 0.3) is 5.91 Å². The van der Waals surface area contributed by atoms with Gasteiger partial charge in [-0.05, 0) is 18.2 Å². The standard InChI is InChI=1S/C13H13N3O2/c14-11(17)10-2-7-16-6-1-3-13(12(16)15-10)4-8-18-9-5-13/h1-5,8-9H,6-7H2,(H2,14,17). The number of amides is 1. The number of hydrogen-bond acceptors (Lipinski definition) is 4.